The second-order valence-corrected chi connectivity index (χ2v) is 7.66. The first-order chi connectivity index (χ1) is 13.8. The van der Waals surface area contributed by atoms with Gasteiger partial charge in [0, 0.05) is 24.2 Å². The van der Waals surface area contributed by atoms with Crippen molar-refractivity contribution in [2.24, 2.45) is 0 Å². The molecule has 1 amide bonds. The monoisotopic (exact) mass is 387 g/mol. The van der Waals surface area contributed by atoms with E-state index in [-0.39, 0.29) is 11.5 Å². The minimum atomic E-state index is -0.159. The number of rotatable bonds is 3. The highest BCUT2D eigenvalue weighted by Gasteiger charge is 2.32. The van der Waals surface area contributed by atoms with Gasteiger partial charge in [0.05, 0.1) is 5.70 Å². The summed E-state index contributed by atoms with van der Waals surface area (Å²) in [6.45, 7) is 1.46. The molecule has 2 aliphatic heterocycles. The number of piperidine rings is 1. The van der Waals surface area contributed by atoms with Crippen molar-refractivity contribution >= 4 is 29.1 Å². The molecule has 0 spiro atoms. The highest BCUT2D eigenvalue weighted by Crippen LogP contribution is 2.44. The molecule has 140 valence electrons. The maximum atomic E-state index is 13.1. The van der Waals surface area contributed by atoms with Gasteiger partial charge in [0.2, 0.25) is 0 Å². The number of carbonyl (C=O) groups is 1. The Kier molecular flexibility index (Phi) is 5.50. The minimum absolute atomic E-state index is 0.159. The molecule has 2 aromatic rings. The molecule has 0 aliphatic carbocycles. The summed E-state index contributed by atoms with van der Waals surface area (Å²) in [6, 6.07) is 22.2. The molecular weight excluding hydrogens is 366 g/mol. The van der Waals surface area contributed by atoms with Gasteiger partial charge in [0.15, 0.2) is 0 Å². The molecule has 0 atom stereocenters. The average molecular weight is 388 g/mol. The van der Waals surface area contributed by atoms with Gasteiger partial charge in [0.25, 0.3) is 5.91 Å². The summed E-state index contributed by atoms with van der Waals surface area (Å²) >= 11 is 1.45. The van der Waals surface area contributed by atoms with Crippen molar-refractivity contribution in [3.63, 3.8) is 0 Å². The van der Waals surface area contributed by atoms with E-state index >= 15 is 0 Å². The zero-order chi connectivity index (χ0) is 19.3. The minimum Gasteiger partial charge on any atom is -0.338 e. The molecule has 0 N–H and O–H groups in total. The number of benzene rings is 2. The molecule has 0 aromatic heterocycles. The summed E-state index contributed by atoms with van der Waals surface area (Å²) in [5.74, 6) is -0.159. The first-order valence-corrected chi connectivity index (χ1v) is 10.4. The zero-order valence-corrected chi connectivity index (χ0v) is 16.4. The van der Waals surface area contributed by atoms with E-state index in [1.807, 2.05) is 75.9 Å². The van der Waals surface area contributed by atoms with Crippen molar-refractivity contribution in [3.05, 3.63) is 82.2 Å². The summed E-state index contributed by atoms with van der Waals surface area (Å²) in [4.78, 5) is 17.0. The van der Waals surface area contributed by atoms with Crippen LogP contribution in [0, 0.1) is 11.3 Å². The molecule has 4 rings (SSSR count). The molecule has 28 heavy (non-hydrogen) atoms. The van der Waals surface area contributed by atoms with E-state index in [0.29, 0.717) is 5.03 Å². The quantitative estimate of drug-likeness (QED) is 0.550. The van der Waals surface area contributed by atoms with Crippen LogP contribution in [0.1, 0.15) is 24.8 Å². The number of hydrogen-bond acceptors (Lipinski definition) is 4. The number of para-hydroxylation sites is 1. The topological polar surface area (TPSA) is 47.3 Å². The first-order valence-electron chi connectivity index (χ1n) is 9.50. The Morgan fingerprint density at radius 3 is 2.21 bits per heavy atom. The van der Waals surface area contributed by atoms with E-state index in [1.54, 1.807) is 0 Å². The molecule has 2 heterocycles. The van der Waals surface area contributed by atoms with Crippen molar-refractivity contribution < 1.29 is 4.79 Å². The number of hydrogen-bond donors (Lipinski definition) is 0. The molecule has 2 aromatic carbocycles. The number of likely N-dealkylation sites (tertiary alicyclic amines) is 1. The van der Waals surface area contributed by atoms with Crippen LogP contribution >= 0.6 is 11.8 Å². The van der Waals surface area contributed by atoms with E-state index < -0.39 is 0 Å². The van der Waals surface area contributed by atoms with Gasteiger partial charge >= 0.3 is 0 Å². The van der Waals surface area contributed by atoms with E-state index in [4.69, 9.17) is 0 Å². The van der Waals surface area contributed by atoms with Gasteiger partial charge in [-0.05, 0) is 37.0 Å². The van der Waals surface area contributed by atoms with Gasteiger partial charge in [-0.1, -0.05) is 60.3 Å². The van der Waals surface area contributed by atoms with Crippen LogP contribution in [0.3, 0.4) is 0 Å². The lowest BCUT2D eigenvalue weighted by molar-refractivity contribution is -0.127. The lowest BCUT2D eigenvalue weighted by Crippen LogP contribution is -2.37. The Labute approximate surface area is 169 Å². The van der Waals surface area contributed by atoms with Crippen molar-refractivity contribution in [3.8, 4) is 6.07 Å². The van der Waals surface area contributed by atoms with Crippen LogP contribution in [-0.2, 0) is 4.79 Å². The SMILES string of the molecule is N#C/C(C(=O)N1CCCCC1)=C1\SC=C(c2ccccc2)N1c1ccccc1. The van der Waals surface area contributed by atoms with Gasteiger partial charge < -0.3 is 9.80 Å². The van der Waals surface area contributed by atoms with Crippen LogP contribution in [0.25, 0.3) is 5.70 Å². The molecule has 5 heteroatoms. The van der Waals surface area contributed by atoms with Crippen LogP contribution in [0.15, 0.2) is 76.7 Å². The Morgan fingerprint density at radius 1 is 0.929 bits per heavy atom. The van der Waals surface area contributed by atoms with E-state index in [1.165, 1.54) is 11.8 Å². The Morgan fingerprint density at radius 2 is 1.57 bits per heavy atom. The number of nitrogens with zero attached hydrogens (tertiary/aromatic N) is 3. The molecule has 4 nitrogen and oxygen atoms in total. The fraction of sp³-hybridized carbons (Fsp3) is 0.217. The number of thioether (sulfide) groups is 1. The first kappa shape index (κ1) is 18.4. The van der Waals surface area contributed by atoms with Gasteiger partial charge in [-0.3, -0.25) is 4.79 Å². The fourth-order valence-electron chi connectivity index (χ4n) is 3.58. The highest BCUT2D eigenvalue weighted by molar-refractivity contribution is 8.06. The molecular formula is C23H21N3OS. The average Bonchev–Trinajstić information content (AvgIpc) is 3.21. The molecule has 0 radical (unpaired) electrons. The van der Waals surface area contributed by atoms with E-state index in [2.05, 4.69) is 6.07 Å². The summed E-state index contributed by atoms with van der Waals surface area (Å²) in [6.07, 6.45) is 3.15. The lowest BCUT2D eigenvalue weighted by Gasteiger charge is -2.29. The van der Waals surface area contributed by atoms with Crippen molar-refractivity contribution in [2.45, 2.75) is 19.3 Å². The smallest absolute Gasteiger partial charge is 0.267 e. The van der Waals surface area contributed by atoms with Gasteiger partial charge in [-0.15, -0.1) is 0 Å². The van der Waals surface area contributed by atoms with E-state index in [9.17, 15) is 10.1 Å². The standard InChI is InChI=1S/C23H21N3OS/c24-16-20(22(27)25-14-8-3-9-15-25)23-26(19-12-6-2-7-13-19)21(17-28-23)18-10-4-1-5-11-18/h1-2,4-7,10-13,17H,3,8-9,14-15H2/b23-20+. The third kappa shape index (κ3) is 3.56. The maximum absolute atomic E-state index is 13.1. The largest absolute Gasteiger partial charge is 0.338 e. The van der Waals surface area contributed by atoms with Crippen molar-refractivity contribution in [2.75, 3.05) is 18.0 Å². The molecule has 1 fully saturated rings. The van der Waals surface area contributed by atoms with Crippen LogP contribution in [-0.4, -0.2) is 23.9 Å². The van der Waals surface area contributed by atoms with Gasteiger partial charge in [0.1, 0.15) is 16.7 Å². The van der Waals surface area contributed by atoms with Gasteiger partial charge in [-0.25, -0.2) is 0 Å². The summed E-state index contributed by atoms with van der Waals surface area (Å²) in [5.41, 5.74) is 3.19. The second-order valence-electron chi connectivity index (χ2n) is 6.80. The third-order valence-electron chi connectivity index (χ3n) is 4.99. The normalized spacial score (nSPS) is 18.5. The molecule has 0 bridgehead atoms. The maximum Gasteiger partial charge on any atom is 0.267 e. The predicted octanol–water partition coefficient (Wildman–Crippen LogP) is 4.99. The Balaban J connectivity index is 1.78. The van der Waals surface area contributed by atoms with Crippen molar-refractivity contribution in [1.29, 1.82) is 5.26 Å². The van der Waals surface area contributed by atoms with Crippen LogP contribution < -0.4 is 4.90 Å². The summed E-state index contributed by atoms with van der Waals surface area (Å²) < 4.78 is 0. The molecule has 0 unspecified atom stereocenters. The summed E-state index contributed by atoms with van der Waals surface area (Å²) in [5, 5.41) is 12.6. The number of anilines is 1. The lowest BCUT2D eigenvalue weighted by atomic mass is 10.1. The number of amides is 1. The highest BCUT2D eigenvalue weighted by atomic mass is 32.2. The third-order valence-corrected chi connectivity index (χ3v) is 5.94. The summed E-state index contributed by atoms with van der Waals surface area (Å²) in [7, 11) is 0. The van der Waals surface area contributed by atoms with Crippen molar-refractivity contribution in [1.82, 2.24) is 4.90 Å². The molecule has 2 aliphatic rings. The number of carbonyl (C=O) groups excluding carboxylic acids is 1. The van der Waals surface area contributed by atoms with Crippen LogP contribution in [0.2, 0.25) is 0 Å². The van der Waals surface area contributed by atoms with E-state index in [0.717, 1.165) is 49.3 Å². The van der Waals surface area contributed by atoms with Crippen LogP contribution in [0.4, 0.5) is 5.69 Å². The van der Waals surface area contributed by atoms with Crippen LogP contribution in [0.5, 0.6) is 0 Å². The molecule has 0 saturated carbocycles. The van der Waals surface area contributed by atoms with Gasteiger partial charge in [-0.2, -0.15) is 5.26 Å². The fourth-order valence-corrected chi connectivity index (χ4v) is 4.60. The Hall–Kier alpha value is -2.97. The molecule has 1 saturated heterocycles. The predicted molar refractivity (Wildman–Crippen MR) is 114 cm³/mol. The zero-order valence-electron chi connectivity index (χ0n) is 15.5. The Bertz CT molecular complexity index is 954. The number of nitriles is 1. The second kappa shape index (κ2) is 8.37.